The van der Waals surface area contributed by atoms with E-state index in [4.69, 9.17) is 0 Å². The van der Waals surface area contributed by atoms with Gasteiger partial charge in [0.25, 0.3) is 0 Å². The van der Waals surface area contributed by atoms with Gasteiger partial charge in [-0.05, 0) is 58.5 Å². The van der Waals surface area contributed by atoms with Crippen molar-refractivity contribution in [3.05, 3.63) is 0 Å². The van der Waals surface area contributed by atoms with Crippen LogP contribution in [0, 0.1) is 5.41 Å². The summed E-state index contributed by atoms with van der Waals surface area (Å²) in [5.74, 6) is 0. The van der Waals surface area contributed by atoms with E-state index < -0.39 is 0 Å². The fraction of sp³-hybridized carbons (Fsp3) is 1.00. The lowest BCUT2D eigenvalue weighted by molar-refractivity contribution is 0.191. The predicted molar refractivity (Wildman–Crippen MR) is 75.5 cm³/mol. The maximum absolute atomic E-state index is 3.70. The van der Waals surface area contributed by atoms with Crippen molar-refractivity contribution in [3.63, 3.8) is 0 Å². The predicted octanol–water partition coefficient (Wildman–Crippen LogP) is 1.65. The quantitative estimate of drug-likeness (QED) is 0.807. The molecule has 0 aromatic heterocycles. The van der Waals surface area contributed by atoms with Crippen molar-refractivity contribution in [2.24, 2.45) is 5.41 Å². The van der Waals surface area contributed by atoms with Gasteiger partial charge in [-0.2, -0.15) is 0 Å². The largest absolute Gasteiger partial charge is 0.312 e. The van der Waals surface area contributed by atoms with Crippen LogP contribution in [0.5, 0.6) is 0 Å². The van der Waals surface area contributed by atoms with Gasteiger partial charge in [-0.3, -0.25) is 0 Å². The first-order valence-electron chi connectivity index (χ1n) is 7.00. The average Bonchev–Trinajstić information content (AvgIpc) is 2.41. The molecule has 0 radical (unpaired) electrons. The Morgan fingerprint density at radius 3 is 2.59 bits per heavy atom. The smallest absolute Gasteiger partial charge is 0.0243 e. The van der Waals surface area contributed by atoms with Gasteiger partial charge in [-0.1, -0.05) is 20.8 Å². The van der Waals surface area contributed by atoms with Crippen LogP contribution in [0.4, 0.5) is 0 Å². The van der Waals surface area contributed by atoms with Gasteiger partial charge in [-0.25, -0.2) is 0 Å². The van der Waals surface area contributed by atoms with Crippen LogP contribution in [0.25, 0.3) is 0 Å². The van der Waals surface area contributed by atoms with Crippen LogP contribution in [0.15, 0.2) is 0 Å². The molecular formula is C14H31N3. The number of hydrogen-bond acceptors (Lipinski definition) is 3. The summed E-state index contributed by atoms with van der Waals surface area (Å²) in [6.45, 7) is 13.1. The third kappa shape index (κ3) is 5.84. The zero-order valence-electron chi connectivity index (χ0n) is 12.4. The Morgan fingerprint density at radius 2 is 2.00 bits per heavy atom. The van der Waals surface area contributed by atoms with Gasteiger partial charge >= 0.3 is 0 Å². The summed E-state index contributed by atoms with van der Waals surface area (Å²) >= 11 is 0. The van der Waals surface area contributed by atoms with Gasteiger partial charge in [-0.15, -0.1) is 0 Å². The maximum atomic E-state index is 3.70. The summed E-state index contributed by atoms with van der Waals surface area (Å²) < 4.78 is 0. The van der Waals surface area contributed by atoms with Crippen LogP contribution in [-0.2, 0) is 0 Å². The molecule has 0 aliphatic carbocycles. The fourth-order valence-corrected chi connectivity index (χ4v) is 2.39. The normalized spacial score (nSPS) is 24.0. The SMILES string of the molecule is CN(C)CCCN1CCCNC(C(C)(C)C)C1. The highest BCUT2D eigenvalue weighted by Gasteiger charge is 2.27. The van der Waals surface area contributed by atoms with Crippen LogP contribution < -0.4 is 5.32 Å². The van der Waals surface area contributed by atoms with Gasteiger partial charge in [0.2, 0.25) is 0 Å². The standard InChI is InChI=1S/C14H31N3/c1-14(2,3)13-12-17(10-6-8-15-13)11-7-9-16(4)5/h13,15H,6-12H2,1-5H3. The number of hydrogen-bond donors (Lipinski definition) is 1. The number of nitrogens with zero attached hydrogens (tertiary/aromatic N) is 2. The average molecular weight is 241 g/mol. The minimum absolute atomic E-state index is 0.365. The van der Waals surface area contributed by atoms with Crippen LogP contribution in [0.1, 0.15) is 33.6 Å². The van der Waals surface area contributed by atoms with E-state index >= 15 is 0 Å². The second-order valence-electron chi connectivity index (χ2n) is 6.68. The maximum Gasteiger partial charge on any atom is 0.0243 e. The third-order valence-electron chi connectivity index (χ3n) is 3.61. The summed E-state index contributed by atoms with van der Waals surface area (Å²) in [5.41, 5.74) is 0.365. The highest BCUT2D eigenvalue weighted by Crippen LogP contribution is 2.21. The van der Waals surface area contributed by atoms with E-state index in [1.165, 1.54) is 45.6 Å². The van der Waals surface area contributed by atoms with E-state index in [9.17, 15) is 0 Å². The van der Waals surface area contributed by atoms with Gasteiger partial charge < -0.3 is 15.1 Å². The second-order valence-corrected chi connectivity index (χ2v) is 6.68. The molecule has 1 aliphatic rings. The van der Waals surface area contributed by atoms with Gasteiger partial charge in [0, 0.05) is 12.6 Å². The summed E-state index contributed by atoms with van der Waals surface area (Å²) in [5, 5.41) is 3.70. The molecule has 3 heteroatoms. The van der Waals surface area contributed by atoms with E-state index in [-0.39, 0.29) is 0 Å². The Balaban J connectivity index is 2.38. The lowest BCUT2D eigenvalue weighted by Crippen LogP contribution is -2.46. The molecule has 0 bridgehead atoms. The molecule has 3 nitrogen and oxygen atoms in total. The first-order chi connectivity index (χ1) is 7.89. The molecule has 1 saturated heterocycles. The second kappa shape index (κ2) is 6.72. The minimum Gasteiger partial charge on any atom is -0.312 e. The molecule has 1 N–H and O–H groups in total. The molecule has 1 rings (SSSR count). The Kier molecular flexibility index (Phi) is 5.90. The van der Waals surface area contributed by atoms with Crippen molar-refractivity contribution in [1.82, 2.24) is 15.1 Å². The highest BCUT2D eigenvalue weighted by atomic mass is 15.2. The van der Waals surface area contributed by atoms with Crippen LogP contribution in [-0.4, -0.2) is 62.7 Å². The Morgan fingerprint density at radius 1 is 1.29 bits per heavy atom. The van der Waals surface area contributed by atoms with Gasteiger partial charge in [0.1, 0.15) is 0 Å². The van der Waals surface area contributed by atoms with Crippen molar-refractivity contribution in [3.8, 4) is 0 Å². The first kappa shape index (κ1) is 14.9. The Labute approximate surface area is 108 Å². The molecule has 0 aromatic carbocycles. The molecule has 0 saturated carbocycles. The number of rotatable bonds is 4. The lowest BCUT2D eigenvalue weighted by atomic mass is 9.86. The molecule has 0 aromatic rings. The first-order valence-corrected chi connectivity index (χ1v) is 7.00. The summed E-state index contributed by atoms with van der Waals surface area (Å²) in [6, 6.07) is 0.629. The van der Waals surface area contributed by atoms with Crippen molar-refractivity contribution < 1.29 is 0 Å². The van der Waals surface area contributed by atoms with Crippen LogP contribution >= 0.6 is 0 Å². The molecule has 1 atom stereocenters. The van der Waals surface area contributed by atoms with Crippen LogP contribution in [0.2, 0.25) is 0 Å². The Bertz CT molecular complexity index is 208. The third-order valence-corrected chi connectivity index (χ3v) is 3.61. The van der Waals surface area contributed by atoms with E-state index in [2.05, 4.69) is 50.0 Å². The summed E-state index contributed by atoms with van der Waals surface area (Å²) in [4.78, 5) is 4.91. The molecule has 1 heterocycles. The molecule has 1 aliphatic heterocycles. The van der Waals surface area contributed by atoms with Crippen molar-refractivity contribution >= 4 is 0 Å². The molecule has 17 heavy (non-hydrogen) atoms. The zero-order valence-corrected chi connectivity index (χ0v) is 12.4. The monoisotopic (exact) mass is 241 g/mol. The Hall–Kier alpha value is -0.120. The van der Waals surface area contributed by atoms with E-state index in [1.54, 1.807) is 0 Å². The van der Waals surface area contributed by atoms with E-state index in [1.807, 2.05) is 0 Å². The lowest BCUT2D eigenvalue weighted by Gasteiger charge is -2.33. The zero-order chi connectivity index (χ0) is 12.9. The van der Waals surface area contributed by atoms with E-state index in [0.717, 1.165) is 0 Å². The molecular weight excluding hydrogens is 210 g/mol. The molecule has 0 spiro atoms. The molecule has 1 unspecified atom stereocenters. The van der Waals surface area contributed by atoms with Gasteiger partial charge in [0.05, 0.1) is 0 Å². The number of nitrogens with one attached hydrogen (secondary N) is 1. The topological polar surface area (TPSA) is 18.5 Å². The highest BCUT2D eigenvalue weighted by molar-refractivity contribution is 4.85. The van der Waals surface area contributed by atoms with Crippen molar-refractivity contribution in [2.75, 3.05) is 46.8 Å². The van der Waals surface area contributed by atoms with Crippen molar-refractivity contribution in [2.45, 2.75) is 39.7 Å². The molecule has 102 valence electrons. The summed E-state index contributed by atoms with van der Waals surface area (Å²) in [6.07, 6.45) is 2.57. The van der Waals surface area contributed by atoms with E-state index in [0.29, 0.717) is 11.5 Å². The summed E-state index contributed by atoms with van der Waals surface area (Å²) in [7, 11) is 4.31. The van der Waals surface area contributed by atoms with Gasteiger partial charge in [0.15, 0.2) is 0 Å². The molecule has 0 amide bonds. The minimum atomic E-state index is 0.365. The molecule has 1 fully saturated rings. The fourth-order valence-electron chi connectivity index (χ4n) is 2.39. The van der Waals surface area contributed by atoms with Crippen LogP contribution in [0.3, 0.4) is 0 Å². The van der Waals surface area contributed by atoms with Crippen molar-refractivity contribution in [1.29, 1.82) is 0 Å².